The fraction of sp³-hybridized carbons (Fsp3) is 0.929. The van der Waals surface area contributed by atoms with Gasteiger partial charge in [0.2, 0.25) is 5.91 Å². The van der Waals surface area contributed by atoms with Gasteiger partial charge in [-0.25, -0.2) is 0 Å². The van der Waals surface area contributed by atoms with Crippen LogP contribution in [0.1, 0.15) is 40.0 Å². The molecule has 104 valence electrons. The Kier molecular flexibility index (Phi) is 4.27. The molecule has 0 aromatic rings. The Labute approximate surface area is 115 Å². The lowest BCUT2D eigenvalue weighted by molar-refractivity contribution is -0.143. The number of thioether (sulfide) groups is 1. The standard InChI is InChI=1S/C14H26N2OS/c1-4-14(6-5-7-15-10-14)12(17)16-8-9-18-13(2,3)11-16/h15H,4-11H2,1-3H3. The monoisotopic (exact) mass is 270 g/mol. The smallest absolute Gasteiger partial charge is 0.230 e. The van der Waals surface area contributed by atoms with Crippen molar-refractivity contribution in [2.24, 2.45) is 5.41 Å². The number of piperidine rings is 1. The number of carbonyl (C=O) groups excluding carboxylic acids is 1. The second-order valence-corrected chi connectivity index (χ2v) is 8.05. The van der Waals surface area contributed by atoms with Crippen LogP contribution in [0.15, 0.2) is 0 Å². The van der Waals surface area contributed by atoms with Crippen molar-refractivity contribution >= 4 is 17.7 Å². The quantitative estimate of drug-likeness (QED) is 0.834. The molecule has 4 heteroatoms. The fourth-order valence-corrected chi connectivity index (χ4v) is 4.24. The molecule has 0 aromatic heterocycles. The second kappa shape index (κ2) is 5.41. The summed E-state index contributed by atoms with van der Waals surface area (Å²) in [5.41, 5.74) is -0.129. The molecule has 1 atom stereocenters. The van der Waals surface area contributed by atoms with Crippen LogP contribution >= 0.6 is 11.8 Å². The highest BCUT2D eigenvalue weighted by Crippen LogP contribution is 2.36. The lowest BCUT2D eigenvalue weighted by Crippen LogP contribution is -2.55. The van der Waals surface area contributed by atoms with Gasteiger partial charge in [0.15, 0.2) is 0 Å². The molecule has 2 aliphatic heterocycles. The van der Waals surface area contributed by atoms with E-state index in [-0.39, 0.29) is 10.2 Å². The van der Waals surface area contributed by atoms with Gasteiger partial charge in [0.25, 0.3) is 0 Å². The topological polar surface area (TPSA) is 32.3 Å². The normalized spacial score (nSPS) is 32.3. The molecule has 0 aliphatic carbocycles. The summed E-state index contributed by atoms with van der Waals surface area (Å²) in [6.45, 7) is 10.4. The molecule has 2 fully saturated rings. The molecule has 2 aliphatic rings. The summed E-state index contributed by atoms with van der Waals surface area (Å²) >= 11 is 1.99. The first kappa shape index (κ1) is 14.2. The molecule has 18 heavy (non-hydrogen) atoms. The molecule has 0 aromatic carbocycles. The molecule has 2 saturated heterocycles. The second-order valence-electron chi connectivity index (χ2n) is 6.25. The molecule has 0 radical (unpaired) electrons. The molecule has 1 N–H and O–H groups in total. The Morgan fingerprint density at radius 1 is 1.44 bits per heavy atom. The Bertz CT molecular complexity index is 311. The number of nitrogens with one attached hydrogen (secondary N) is 1. The maximum absolute atomic E-state index is 12.9. The summed E-state index contributed by atoms with van der Waals surface area (Å²) in [7, 11) is 0. The number of amides is 1. The van der Waals surface area contributed by atoms with Gasteiger partial charge < -0.3 is 10.2 Å². The minimum absolute atomic E-state index is 0.129. The van der Waals surface area contributed by atoms with Crippen LogP contribution in [0, 0.1) is 5.41 Å². The third kappa shape index (κ3) is 2.85. The highest BCUT2D eigenvalue weighted by molar-refractivity contribution is 8.00. The predicted molar refractivity (Wildman–Crippen MR) is 77.9 cm³/mol. The molecule has 2 rings (SSSR count). The van der Waals surface area contributed by atoms with Crippen molar-refractivity contribution in [2.75, 3.05) is 31.9 Å². The summed E-state index contributed by atoms with van der Waals surface area (Å²) in [5.74, 6) is 1.47. The van der Waals surface area contributed by atoms with E-state index >= 15 is 0 Å². The largest absolute Gasteiger partial charge is 0.340 e. The van der Waals surface area contributed by atoms with Crippen LogP contribution in [0.5, 0.6) is 0 Å². The van der Waals surface area contributed by atoms with E-state index < -0.39 is 0 Å². The minimum Gasteiger partial charge on any atom is -0.340 e. The number of rotatable bonds is 2. The van der Waals surface area contributed by atoms with Crippen LogP contribution in [0.25, 0.3) is 0 Å². The Balaban J connectivity index is 2.09. The van der Waals surface area contributed by atoms with Gasteiger partial charge in [-0.3, -0.25) is 4.79 Å². The van der Waals surface area contributed by atoms with E-state index in [2.05, 4.69) is 31.0 Å². The van der Waals surface area contributed by atoms with Crippen LogP contribution in [-0.4, -0.2) is 47.5 Å². The molecular formula is C14H26N2OS. The first-order valence-corrected chi connectivity index (χ1v) is 8.12. The molecule has 0 bridgehead atoms. The van der Waals surface area contributed by atoms with E-state index in [4.69, 9.17) is 0 Å². The van der Waals surface area contributed by atoms with Gasteiger partial charge in [0, 0.05) is 30.1 Å². The van der Waals surface area contributed by atoms with Crippen molar-refractivity contribution < 1.29 is 4.79 Å². The van der Waals surface area contributed by atoms with Crippen LogP contribution in [0.2, 0.25) is 0 Å². The minimum atomic E-state index is -0.129. The summed E-state index contributed by atoms with van der Waals surface area (Å²) < 4.78 is 0.213. The first-order valence-electron chi connectivity index (χ1n) is 7.13. The van der Waals surface area contributed by atoms with E-state index in [0.717, 1.165) is 51.2 Å². The molecule has 3 nitrogen and oxygen atoms in total. The Morgan fingerprint density at radius 3 is 2.78 bits per heavy atom. The van der Waals surface area contributed by atoms with Gasteiger partial charge in [0.05, 0.1) is 5.41 Å². The number of nitrogens with zero attached hydrogens (tertiary/aromatic N) is 1. The zero-order valence-corrected chi connectivity index (χ0v) is 12.7. The molecule has 2 heterocycles. The van der Waals surface area contributed by atoms with Crippen LogP contribution in [-0.2, 0) is 4.79 Å². The van der Waals surface area contributed by atoms with Gasteiger partial charge in [-0.2, -0.15) is 11.8 Å². The van der Waals surface area contributed by atoms with Crippen molar-refractivity contribution in [3.05, 3.63) is 0 Å². The lowest BCUT2D eigenvalue weighted by atomic mass is 9.77. The lowest BCUT2D eigenvalue weighted by Gasteiger charge is -2.44. The maximum atomic E-state index is 12.9. The zero-order chi connectivity index (χ0) is 13.2. The van der Waals surface area contributed by atoms with Gasteiger partial charge in [0.1, 0.15) is 0 Å². The van der Waals surface area contributed by atoms with Crippen molar-refractivity contribution in [3.63, 3.8) is 0 Å². The van der Waals surface area contributed by atoms with E-state index in [1.807, 2.05) is 11.8 Å². The first-order chi connectivity index (χ1) is 8.49. The van der Waals surface area contributed by atoms with Crippen molar-refractivity contribution in [3.8, 4) is 0 Å². The maximum Gasteiger partial charge on any atom is 0.230 e. The van der Waals surface area contributed by atoms with Crippen molar-refractivity contribution in [1.29, 1.82) is 0 Å². The highest BCUT2D eigenvalue weighted by Gasteiger charge is 2.42. The fourth-order valence-electron chi connectivity index (χ4n) is 3.13. The Morgan fingerprint density at radius 2 is 2.22 bits per heavy atom. The van der Waals surface area contributed by atoms with Crippen LogP contribution in [0.3, 0.4) is 0 Å². The SMILES string of the molecule is CCC1(C(=O)N2CCSC(C)(C)C2)CCCNC1. The predicted octanol–water partition coefficient (Wildman–Crippen LogP) is 2.12. The van der Waals surface area contributed by atoms with E-state index in [1.54, 1.807) is 0 Å². The highest BCUT2D eigenvalue weighted by atomic mass is 32.2. The summed E-state index contributed by atoms with van der Waals surface area (Å²) in [4.78, 5) is 15.0. The van der Waals surface area contributed by atoms with E-state index in [0.29, 0.717) is 5.91 Å². The number of hydrogen-bond acceptors (Lipinski definition) is 3. The molecule has 0 saturated carbocycles. The summed E-state index contributed by atoms with van der Waals surface area (Å²) in [6.07, 6.45) is 3.15. The summed E-state index contributed by atoms with van der Waals surface area (Å²) in [5, 5.41) is 3.41. The molecule has 1 unspecified atom stereocenters. The number of hydrogen-bond donors (Lipinski definition) is 1. The van der Waals surface area contributed by atoms with Gasteiger partial charge in [-0.05, 0) is 39.7 Å². The summed E-state index contributed by atoms with van der Waals surface area (Å²) in [6, 6.07) is 0. The van der Waals surface area contributed by atoms with Gasteiger partial charge >= 0.3 is 0 Å². The number of carbonyl (C=O) groups is 1. The van der Waals surface area contributed by atoms with Crippen molar-refractivity contribution in [2.45, 2.75) is 44.8 Å². The average molecular weight is 270 g/mol. The molecular weight excluding hydrogens is 244 g/mol. The molecule has 0 spiro atoms. The van der Waals surface area contributed by atoms with Crippen molar-refractivity contribution in [1.82, 2.24) is 10.2 Å². The van der Waals surface area contributed by atoms with E-state index in [9.17, 15) is 4.79 Å². The van der Waals surface area contributed by atoms with Gasteiger partial charge in [-0.15, -0.1) is 0 Å². The van der Waals surface area contributed by atoms with E-state index in [1.165, 1.54) is 0 Å². The third-order valence-corrected chi connectivity index (χ3v) is 5.61. The van der Waals surface area contributed by atoms with Crippen LogP contribution in [0.4, 0.5) is 0 Å². The Hall–Kier alpha value is -0.220. The average Bonchev–Trinajstić information content (AvgIpc) is 2.37. The zero-order valence-electron chi connectivity index (χ0n) is 11.9. The molecule has 1 amide bonds. The van der Waals surface area contributed by atoms with Crippen LogP contribution < -0.4 is 5.32 Å². The third-order valence-electron chi connectivity index (χ3n) is 4.32. The van der Waals surface area contributed by atoms with Gasteiger partial charge in [-0.1, -0.05) is 6.92 Å².